The highest BCUT2D eigenvalue weighted by Crippen LogP contribution is 2.16. The van der Waals surface area contributed by atoms with E-state index in [4.69, 9.17) is 20.0 Å². The van der Waals surface area contributed by atoms with Gasteiger partial charge in [0.25, 0.3) is 0 Å². The molecule has 0 saturated carbocycles. The molecule has 96 valence electrons. The Bertz CT molecular complexity index is 665. The highest BCUT2D eigenvalue weighted by atomic mass is 16.7. The Balaban J connectivity index is 2.05. The average molecular weight is 264 g/mol. The number of hydrogen-bond acceptors (Lipinski definition) is 5. The normalized spacial score (nSPS) is 9.10. The van der Waals surface area contributed by atoms with Gasteiger partial charge in [-0.15, -0.1) is 0 Å². The van der Waals surface area contributed by atoms with Crippen LogP contribution in [0.1, 0.15) is 11.1 Å². The molecule has 0 aliphatic carbocycles. The van der Waals surface area contributed by atoms with Gasteiger partial charge in [0.2, 0.25) is 0 Å². The molecule has 0 fully saturated rings. The molecule has 0 saturated heterocycles. The molecule has 0 unspecified atom stereocenters. The Morgan fingerprint density at radius 3 is 1.70 bits per heavy atom. The summed E-state index contributed by atoms with van der Waals surface area (Å²) >= 11 is 0. The molecule has 0 atom stereocenters. The molecule has 0 radical (unpaired) electrons. The zero-order chi connectivity index (χ0) is 14.4. The second-order valence-electron chi connectivity index (χ2n) is 3.73. The highest BCUT2D eigenvalue weighted by Gasteiger charge is 2.08. The van der Waals surface area contributed by atoms with Crippen molar-refractivity contribution in [3.8, 4) is 23.6 Å². The first-order valence-corrected chi connectivity index (χ1v) is 5.61. The number of carbonyl (C=O) groups is 1. The fraction of sp³-hybridized carbons (Fsp3) is 0. The SMILES string of the molecule is N#Cc1cccc(OC(=O)Oc2cccc(C#N)c2)c1. The summed E-state index contributed by atoms with van der Waals surface area (Å²) in [5.41, 5.74) is 0.753. The maximum Gasteiger partial charge on any atom is 0.519 e. The molecule has 5 nitrogen and oxygen atoms in total. The van der Waals surface area contributed by atoms with Crippen LogP contribution >= 0.6 is 0 Å². The van der Waals surface area contributed by atoms with Gasteiger partial charge in [-0.3, -0.25) is 0 Å². The maximum absolute atomic E-state index is 11.6. The Kier molecular flexibility index (Phi) is 3.96. The minimum Gasteiger partial charge on any atom is -0.395 e. The van der Waals surface area contributed by atoms with Crippen molar-refractivity contribution >= 4 is 6.16 Å². The second kappa shape index (κ2) is 6.03. The lowest BCUT2D eigenvalue weighted by atomic mass is 10.2. The van der Waals surface area contributed by atoms with Crippen molar-refractivity contribution < 1.29 is 14.3 Å². The van der Waals surface area contributed by atoms with Gasteiger partial charge >= 0.3 is 6.16 Å². The van der Waals surface area contributed by atoms with E-state index in [0.29, 0.717) is 11.1 Å². The maximum atomic E-state index is 11.6. The summed E-state index contributed by atoms with van der Waals surface area (Å²) in [4.78, 5) is 11.6. The summed E-state index contributed by atoms with van der Waals surface area (Å²) in [5, 5.41) is 17.5. The topological polar surface area (TPSA) is 83.1 Å². The predicted molar refractivity (Wildman–Crippen MR) is 69.0 cm³/mol. The van der Waals surface area contributed by atoms with Gasteiger partial charge in [0.05, 0.1) is 23.3 Å². The van der Waals surface area contributed by atoms with Gasteiger partial charge < -0.3 is 9.47 Å². The van der Waals surface area contributed by atoms with Crippen molar-refractivity contribution in [2.75, 3.05) is 0 Å². The van der Waals surface area contributed by atoms with E-state index in [0.717, 1.165) is 0 Å². The van der Waals surface area contributed by atoms with E-state index in [2.05, 4.69) is 0 Å². The van der Waals surface area contributed by atoms with Gasteiger partial charge in [-0.2, -0.15) is 10.5 Å². The van der Waals surface area contributed by atoms with Crippen LogP contribution in [0.25, 0.3) is 0 Å². The van der Waals surface area contributed by atoms with E-state index in [1.807, 2.05) is 12.1 Å². The van der Waals surface area contributed by atoms with Gasteiger partial charge in [0.1, 0.15) is 11.5 Å². The molecular formula is C15H8N2O3. The predicted octanol–water partition coefficient (Wildman–Crippen LogP) is 3.01. The number of nitriles is 2. The Morgan fingerprint density at radius 1 is 0.850 bits per heavy atom. The van der Waals surface area contributed by atoms with Crippen LogP contribution in [0.4, 0.5) is 4.79 Å². The van der Waals surface area contributed by atoms with E-state index in [1.165, 1.54) is 24.3 Å². The highest BCUT2D eigenvalue weighted by molar-refractivity contribution is 5.67. The average Bonchev–Trinajstić information content (AvgIpc) is 2.47. The van der Waals surface area contributed by atoms with E-state index in [9.17, 15) is 4.79 Å². The first kappa shape index (κ1) is 13.1. The van der Waals surface area contributed by atoms with Gasteiger partial charge in [0, 0.05) is 0 Å². The molecule has 0 heterocycles. The summed E-state index contributed by atoms with van der Waals surface area (Å²) in [6, 6.07) is 16.2. The van der Waals surface area contributed by atoms with E-state index >= 15 is 0 Å². The van der Waals surface area contributed by atoms with Gasteiger partial charge in [-0.05, 0) is 36.4 Å². The number of ether oxygens (including phenoxy) is 2. The largest absolute Gasteiger partial charge is 0.519 e. The van der Waals surface area contributed by atoms with Crippen molar-refractivity contribution in [2.24, 2.45) is 0 Å². The minimum absolute atomic E-state index is 0.213. The van der Waals surface area contributed by atoms with Crippen molar-refractivity contribution in [2.45, 2.75) is 0 Å². The zero-order valence-corrected chi connectivity index (χ0v) is 10.2. The van der Waals surface area contributed by atoms with Crippen molar-refractivity contribution in [3.63, 3.8) is 0 Å². The molecular weight excluding hydrogens is 256 g/mol. The summed E-state index contributed by atoms with van der Waals surface area (Å²) in [7, 11) is 0. The molecule has 2 aromatic carbocycles. The molecule has 0 aromatic heterocycles. The smallest absolute Gasteiger partial charge is 0.395 e. The van der Waals surface area contributed by atoms with Crippen LogP contribution in [0, 0.1) is 22.7 Å². The lowest BCUT2D eigenvalue weighted by Crippen LogP contribution is -2.13. The molecule has 0 bridgehead atoms. The molecule has 0 aliphatic rings. The number of benzene rings is 2. The molecule has 20 heavy (non-hydrogen) atoms. The van der Waals surface area contributed by atoms with Gasteiger partial charge in [-0.1, -0.05) is 12.1 Å². The van der Waals surface area contributed by atoms with Crippen molar-refractivity contribution in [1.29, 1.82) is 10.5 Å². The van der Waals surface area contributed by atoms with Crippen LogP contribution in [0.15, 0.2) is 48.5 Å². The van der Waals surface area contributed by atoms with Crippen LogP contribution < -0.4 is 9.47 Å². The molecule has 0 spiro atoms. The van der Waals surface area contributed by atoms with E-state index in [1.54, 1.807) is 24.3 Å². The Labute approximate surface area is 115 Å². The van der Waals surface area contributed by atoms with Crippen molar-refractivity contribution in [1.82, 2.24) is 0 Å². The van der Waals surface area contributed by atoms with Gasteiger partial charge in [0.15, 0.2) is 0 Å². The number of rotatable bonds is 2. The Hall–Kier alpha value is -3.31. The molecule has 5 heteroatoms. The number of nitrogens with zero attached hydrogens (tertiary/aromatic N) is 2. The van der Waals surface area contributed by atoms with E-state index < -0.39 is 6.16 Å². The zero-order valence-electron chi connectivity index (χ0n) is 10.2. The summed E-state index contributed by atoms with van der Waals surface area (Å²) in [6.45, 7) is 0. The number of hydrogen-bond donors (Lipinski definition) is 0. The molecule has 0 amide bonds. The number of carbonyl (C=O) groups excluding carboxylic acids is 1. The van der Waals surface area contributed by atoms with Crippen molar-refractivity contribution in [3.05, 3.63) is 59.7 Å². The standard InChI is InChI=1S/C15H8N2O3/c16-9-11-3-1-5-13(7-11)19-15(18)20-14-6-2-4-12(8-14)10-17/h1-8H. The summed E-state index contributed by atoms with van der Waals surface area (Å²) in [5.74, 6) is 0.427. The van der Waals surface area contributed by atoms with E-state index in [-0.39, 0.29) is 11.5 Å². The van der Waals surface area contributed by atoms with Crippen LogP contribution in [-0.2, 0) is 0 Å². The van der Waals surface area contributed by atoms with Crippen LogP contribution in [0.2, 0.25) is 0 Å². The monoisotopic (exact) mass is 264 g/mol. The lowest BCUT2D eigenvalue weighted by Gasteiger charge is -2.05. The molecule has 2 rings (SSSR count). The summed E-state index contributed by atoms with van der Waals surface area (Å²) < 4.78 is 9.88. The molecule has 2 aromatic rings. The fourth-order valence-electron chi connectivity index (χ4n) is 1.47. The quantitative estimate of drug-likeness (QED) is 0.615. The third-order valence-electron chi connectivity index (χ3n) is 2.33. The fourth-order valence-corrected chi connectivity index (χ4v) is 1.47. The lowest BCUT2D eigenvalue weighted by molar-refractivity contribution is 0.152. The minimum atomic E-state index is -0.935. The first-order valence-electron chi connectivity index (χ1n) is 5.61. The van der Waals surface area contributed by atoms with Gasteiger partial charge in [-0.25, -0.2) is 4.79 Å². The van der Waals surface area contributed by atoms with Crippen LogP contribution in [0.3, 0.4) is 0 Å². The molecule has 0 N–H and O–H groups in total. The first-order chi connectivity index (χ1) is 9.71. The van der Waals surface area contributed by atoms with Crippen LogP contribution in [-0.4, -0.2) is 6.16 Å². The summed E-state index contributed by atoms with van der Waals surface area (Å²) in [6.07, 6.45) is -0.935. The Morgan fingerprint density at radius 2 is 1.30 bits per heavy atom. The molecule has 0 aliphatic heterocycles. The third-order valence-corrected chi connectivity index (χ3v) is 2.33. The third kappa shape index (κ3) is 3.34. The second-order valence-corrected chi connectivity index (χ2v) is 3.73. The van der Waals surface area contributed by atoms with Crippen LogP contribution in [0.5, 0.6) is 11.5 Å².